The van der Waals surface area contributed by atoms with Gasteiger partial charge in [-0.1, -0.05) is 37.6 Å². The van der Waals surface area contributed by atoms with Crippen molar-refractivity contribution in [3.8, 4) is 5.75 Å². The Labute approximate surface area is 173 Å². The fourth-order valence-electron chi connectivity index (χ4n) is 3.64. The number of sulfone groups is 1. The second-order valence-corrected chi connectivity index (χ2v) is 9.60. The van der Waals surface area contributed by atoms with Crippen molar-refractivity contribution in [2.75, 3.05) is 5.75 Å². The van der Waals surface area contributed by atoms with Crippen LogP contribution in [0.3, 0.4) is 0 Å². The third-order valence-corrected chi connectivity index (χ3v) is 7.14. The van der Waals surface area contributed by atoms with Gasteiger partial charge in [-0.15, -0.1) is 0 Å². The van der Waals surface area contributed by atoms with Gasteiger partial charge in [0.05, 0.1) is 22.3 Å². The first-order chi connectivity index (χ1) is 14.0. The van der Waals surface area contributed by atoms with Crippen molar-refractivity contribution in [3.63, 3.8) is 0 Å². The summed E-state index contributed by atoms with van der Waals surface area (Å²) in [6.07, 6.45) is 6.77. The molecular formula is C23H29NO4S. The number of benzene rings is 2. The van der Waals surface area contributed by atoms with E-state index in [9.17, 15) is 13.2 Å². The molecule has 0 spiro atoms. The predicted octanol–water partition coefficient (Wildman–Crippen LogP) is 4.51. The molecule has 0 saturated heterocycles. The molecular weight excluding hydrogens is 386 g/mol. The third kappa shape index (κ3) is 5.82. The van der Waals surface area contributed by atoms with E-state index in [1.54, 1.807) is 18.2 Å². The van der Waals surface area contributed by atoms with Crippen LogP contribution >= 0.6 is 0 Å². The molecule has 3 rings (SSSR count). The molecule has 2 aromatic carbocycles. The molecule has 2 aromatic rings. The maximum atomic E-state index is 12.6. The van der Waals surface area contributed by atoms with E-state index in [1.807, 2.05) is 31.2 Å². The Balaban J connectivity index is 1.61. The van der Waals surface area contributed by atoms with Crippen molar-refractivity contribution in [2.24, 2.45) is 0 Å². The number of hydrogen-bond acceptors (Lipinski definition) is 4. The molecule has 0 heterocycles. The van der Waals surface area contributed by atoms with E-state index < -0.39 is 9.84 Å². The van der Waals surface area contributed by atoms with Gasteiger partial charge in [0, 0.05) is 6.54 Å². The fourth-order valence-corrected chi connectivity index (χ4v) is 5.18. The highest BCUT2D eigenvalue weighted by molar-refractivity contribution is 7.91. The Bertz CT molecular complexity index is 916. The Morgan fingerprint density at radius 1 is 1.03 bits per heavy atom. The summed E-state index contributed by atoms with van der Waals surface area (Å²) in [5.41, 5.74) is 1.13. The number of ether oxygens (including phenoxy) is 1. The topological polar surface area (TPSA) is 72.5 Å². The molecule has 0 atom stereocenters. The van der Waals surface area contributed by atoms with E-state index in [0.717, 1.165) is 24.2 Å². The Kier molecular flexibility index (Phi) is 7.31. The highest BCUT2D eigenvalue weighted by atomic mass is 32.2. The quantitative estimate of drug-likeness (QED) is 0.688. The zero-order valence-corrected chi connectivity index (χ0v) is 17.7. The molecule has 29 heavy (non-hydrogen) atoms. The van der Waals surface area contributed by atoms with Crippen molar-refractivity contribution < 1.29 is 17.9 Å². The van der Waals surface area contributed by atoms with E-state index in [1.165, 1.54) is 25.3 Å². The van der Waals surface area contributed by atoms with Gasteiger partial charge in [0.25, 0.3) is 5.91 Å². The van der Waals surface area contributed by atoms with Gasteiger partial charge in [0.2, 0.25) is 0 Å². The van der Waals surface area contributed by atoms with Gasteiger partial charge in [-0.05, 0) is 61.9 Å². The molecule has 5 nitrogen and oxygen atoms in total. The largest absolute Gasteiger partial charge is 0.490 e. The smallest absolute Gasteiger partial charge is 0.252 e. The third-order valence-electron chi connectivity index (χ3n) is 5.17. The second kappa shape index (κ2) is 9.92. The number of carbonyl (C=O) groups excluding carboxylic acids is 1. The molecule has 0 unspecified atom stereocenters. The Hall–Kier alpha value is -2.34. The SMILES string of the molecule is CCCS(=O)(=O)c1ccccc1C(=O)NCc1ccc(OC2CCCCC2)cc1. The van der Waals surface area contributed by atoms with Gasteiger partial charge in [-0.3, -0.25) is 4.79 Å². The van der Waals surface area contributed by atoms with Crippen LogP contribution < -0.4 is 10.1 Å². The number of amides is 1. The fraction of sp³-hybridized carbons (Fsp3) is 0.435. The lowest BCUT2D eigenvalue weighted by atomic mass is 9.98. The summed E-state index contributed by atoms with van der Waals surface area (Å²) in [5, 5.41) is 2.83. The maximum absolute atomic E-state index is 12.6. The Morgan fingerprint density at radius 3 is 2.41 bits per heavy atom. The molecule has 6 heteroatoms. The van der Waals surface area contributed by atoms with Crippen LogP contribution in [0.25, 0.3) is 0 Å². The molecule has 1 fully saturated rings. The molecule has 1 N–H and O–H groups in total. The molecule has 0 bridgehead atoms. The maximum Gasteiger partial charge on any atom is 0.252 e. The minimum absolute atomic E-state index is 0.0275. The van der Waals surface area contributed by atoms with E-state index in [2.05, 4.69) is 5.32 Å². The summed E-state index contributed by atoms with van der Waals surface area (Å²) < 4.78 is 30.9. The van der Waals surface area contributed by atoms with Gasteiger partial charge in [-0.2, -0.15) is 0 Å². The zero-order chi connectivity index (χ0) is 20.7. The first kappa shape index (κ1) is 21.4. The normalized spacial score (nSPS) is 15.1. The van der Waals surface area contributed by atoms with Crippen LogP contribution in [0, 0.1) is 0 Å². The van der Waals surface area contributed by atoms with Crippen molar-refractivity contribution in [3.05, 3.63) is 59.7 Å². The molecule has 156 valence electrons. The van der Waals surface area contributed by atoms with Crippen molar-refractivity contribution in [1.82, 2.24) is 5.32 Å². The van der Waals surface area contributed by atoms with Crippen LogP contribution in [0.4, 0.5) is 0 Å². The van der Waals surface area contributed by atoms with Gasteiger partial charge in [0.1, 0.15) is 5.75 Å². The van der Waals surface area contributed by atoms with Crippen LogP contribution in [-0.4, -0.2) is 26.2 Å². The van der Waals surface area contributed by atoms with E-state index >= 15 is 0 Å². The van der Waals surface area contributed by atoms with Gasteiger partial charge in [-0.25, -0.2) is 8.42 Å². The predicted molar refractivity (Wildman–Crippen MR) is 114 cm³/mol. The molecule has 0 radical (unpaired) electrons. The van der Waals surface area contributed by atoms with Crippen LogP contribution in [0.15, 0.2) is 53.4 Å². The average Bonchev–Trinajstić information content (AvgIpc) is 2.74. The van der Waals surface area contributed by atoms with Crippen LogP contribution in [0.5, 0.6) is 5.75 Å². The van der Waals surface area contributed by atoms with Gasteiger partial charge in [0.15, 0.2) is 9.84 Å². The molecule has 0 aromatic heterocycles. The summed E-state index contributed by atoms with van der Waals surface area (Å²) in [4.78, 5) is 12.7. The lowest BCUT2D eigenvalue weighted by Crippen LogP contribution is -2.25. The molecule has 1 saturated carbocycles. The van der Waals surface area contributed by atoms with Gasteiger partial charge < -0.3 is 10.1 Å². The summed E-state index contributed by atoms with van der Waals surface area (Å²) in [7, 11) is -3.47. The lowest BCUT2D eigenvalue weighted by Gasteiger charge is -2.23. The summed E-state index contributed by atoms with van der Waals surface area (Å²) in [6, 6.07) is 14.1. The van der Waals surface area contributed by atoms with Gasteiger partial charge >= 0.3 is 0 Å². The minimum Gasteiger partial charge on any atom is -0.490 e. The molecule has 1 aliphatic carbocycles. The molecule has 1 aliphatic rings. The first-order valence-corrected chi connectivity index (χ1v) is 12.0. The number of rotatable bonds is 8. The summed E-state index contributed by atoms with van der Waals surface area (Å²) in [6.45, 7) is 2.13. The van der Waals surface area contributed by atoms with Crippen LogP contribution in [0.2, 0.25) is 0 Å². The zero-order valence-electron chi connectivity index (χ0n) is 16.9. The molecule has 1 amide bonds. The highest BCUT2D eigenvalue weighted by Gasteiger charge is 2.21. The number of hydrogen-bond donors (Lipinski definition) is 1. The van der Waals surface area contributed by atoms with E-state index in [0.29, 0.717) is 19.1 Å². The standard InChI is InChI=1S/C23H29NO4S/c1-2-16-29(26,27)22-11-7-6-10-21(22)23(25)24-17-18-12-14-20(15-13-18)28-19-8-4-3-5-9-19/h6-7,10-15,19H,2-5,8-9,16-17H2,1H3,(H,24,25). The van der Waals surface area contributed by atoms with E-state index in [4.69, 9.17) is 4.74 Å². The molecule has 0 aliphatic heterocycles. The second-order valence-electron chi connectivity index (χ2n) is 7.52. The lowest BCUT2D eigenvalue weighted by molar-refractivity contribution is 0.0947. The Morgan fingerprint density at radius 2 is 1.72 bits per heavy atom. The van der Waals surface area contributed by atoms with Crippen LogP contribution in [0.1, 0.15) is 61.4 Å². The van der Waals surface area contributed by atoms with Crippen molar-refractivity contribution >= 4 is 15.7 Å². The number of carbonyl (C=O) groups is 1. The summed E-state index contributed by atoms with van der Waals surface area (Å²) >= 11 is 0. The van der Waals surface area contributed by atoms with Crippen LogP contribution in [-0.2, 0) is 16.4 Å². The number of nitrogens with one attached hydrogen (secondary N) is 1. The average molecular weight is 416 g/mol. The minimum atomic E-state index is -3.47. The van der Waals surface area contributed by atoms with Crippen molar-refractivity contribution in [1.29, 1.82) is 0 Å². The van der Waals surface area contributed by atoms with Crippen molar-refractivity contribution in [2.45, 2.75) is 63.0 Å². The van der Waals surface area contributed by atoms with E-state index in [-0.39, 0.29) is 22.1 Å². The summed E-state index contributed by atoms with van der Waals surface area (Å²) in [5.74, 6) is 0.491. The monoisotopic (exact) mass is 415 g/mol. The highest BCUT2D eigenvalue weighted by Crippen LogP contribution is 2.23. The first-order valence-electron chi connectivity index (χ1n) is 10.3.